The van der Waals surface area contributed by atoms with Crippen molar-refractivity contribution in [1.82, 2.24) is 4.90 Å². The van der Waals surface area contributed by atoms with Gasteiger partial charge in [-0.3, -0.25) is 14.4 Å². The Morgan fingerprint density at radius 3 is 2.39 bits per heavy atom. The number of benzene rings is 1. The number of nitrogens with two attached hydrogens (primary N) is 1. The molecule has 0 spiro atoms. The van der Waals surface area contributed by atoms with E-state index in [2.05, 4.69) is 0 Å². The number of nitrogen functional groups attached to an aromatic ring is 1. The van der Waals surface area contributed by atoms with Gasteiger partial charge in [-0.25, -0.2) is 4.90 Å². The molecule has 2 N–H and O–H groups in total. The zero-order valence-corrected chi connectivity index (χ0v) is 16.1. The Bertz CT molecular complexity index is 802. The van der Waals surface area contributed by atoms with Crippen LogP contribution in [0.4, 0.5) is 11.4 Å². The fourth-order valence-corrected chi connectivity index (χ4v) is 3.02. The van der Waals surface area contributed by atoms with Crippen molar-refractivity contribution in [3.05, 3.63) is 36.0 Å². The molecule has 8 heteroatoms. The van der Waals surface area contributed by atoms with Gasteiger partial charge < -0.3 is 15.4 Å². The standard InChI is InChI=1S/C20H24N4O4/c1-3-28-20(27)15-8-10-23(11-9-15)13-16(12-21)19(26)24(14(2)25)18-6-4-17(22)5-7-18/h4-7,13,15H,3,8-11,22H2,1-2H3/b16-13-. The predicted octanol–water partition coefficient (Wildman–Crippen LogP) is 1.83. The zero-order chi connectivity index (χ0) is 20.7. The van der Waals surface area contributed by atoms with Crippen molar-refractivity contribution in [2.24, 2.45) is 5.92 Å². The summed E-state index contributed by atoms with van der Waals surface area (Å²) in [5.41, 5.74) is 6.34. The molecule has 0 atom stereocenters. The van der Waals surface area contributed by atoms with Gasteiger partial charge in [0.1, 0.15) is 11.6 Å². The number of anilines is 2. The maximum Gasteiger partial charge on any atom is 0.309 e. The van der Waals surface area contributed by atoms with Crippen molar-refractivity contribution in [2.45, 2.75) is 26.7 Å². The molecule has 0 radical (unpaired) electrons. The van der Waals surface area contributed by atoms with E-state index in [0.29, 0.717) is 43.9 Å². The average molecular weight is 384 g/mol. The van der Waals surface area contributed by atoms with E-state index in [1.54, 1.807) is 31.2 Å². The highest BCUT2D eigenvalue weighted by Gasteiger charge is 2.28. The number of amides is 2. The van der Waals surface area contributed by atoms with Crippen LogP contribution in [0.2, 0.25) is 0 Å². The van der Waals surface area contributed by atoms with E-state index in [1.165, 1.54) is 13.1 Å². The third-order valence-electron chi connectivity index (χ3n) is 4.48. The Labute approximate surface area is 164 Å². The number of likely N-dealkylation sites (tertiary alicyclic amines) is 1. The lowest BCUT2D eigenvalue weighted by atomic mass is 9.97. The fourth-order valence-electron chi connectivity index (χ4n) is 3.02. The molecule has 1 aliphatic heterocycles. The van der Waals surface area contributed by atoms with Crippen LogP contribution in [0.1, 0.15) is 26.7 Å². The Kier molecular flexibility index (Phi) is 7.15. The molecule has 1 fully saturated rings. The molecular weight excluding hydrogens is 360 g/mol. The smallest absolute Gasteiger partial charge is 0.309 e. The summed E-state index contributed by atoms with van der Waals surface area (Å²) in [4.78, 5) is 39.4. The Morgan fingerprint density at radius 2 is 1.89 bits per heavy atom. The van der Waals surface area contributed by atoms with Crippen LogP contribution in [0.15, 0.2) is 36.0 Å². The third kappa shape index (κ3) is 5.10. The second-order valence-corrected chi connectivity index (χ2v) is 6.47. The number of hydrogen-bond acceptors (Lipinski definition) is 7. The first-order valence-corrected chi connectivity index (χ1v) is 9.10. The number of ether oxygens (including phenoxy) is 1. The van der Waals surface area contributed by atoms with Crippen molar-refractivity contribution in [2.75, 3.05) is 30.3 Å². The number of nitriles is 1. The maximum atomic E-state index is 12.8. The normalized spacial score (nSPS) is 14.9. The quantitative estimate of drug-likeness (QED) is 0.356. The summed E-state index contributed by atoms with van der Waals surface area (Å²) in [5.74, 6) is -1.59. The first-order valence-electron chi connectivity index (χ1n) is 9.10. The van der Waals surface area contributed by atoms with E-state index in [-0.39, 0.29) is 17.5 Å². The van der Waals surface area contributed by atoms with Gasteiger partial charge >= 0.3 is 5.97 Å². The van der Waals surface area contributed by atoms with Crippen molar-refractivity contribution < 1.29 is 19.1 Å². The molecule has 0 bridgehead atoms. The van der Waals surface area contributed by atoms with Gasteiger partial charge in [-0.2, -0.15) is 5.26 Å². The lowest BCUT2D eigenvalue weighted by Gasteiger charge is -2.30. The second kappa shape index (κ2) is 9.55. The molecule has 1 aliphatic rings. The number of carbonyl (C=O) groups excluding carboxylic acids is 3. The van der Waals surface area contributed by atoms with Gasteiger partial charge in [0.2, 0.25) is 5.91 Å². The number of imide groups is 1. The first kappa shape index (κ1) is 21.0. The molecule has 2 amide bonds. The molecule has 1 saturated heterocycles. The predicted molar refractivity (Wildman–Crippen MR) is 104 cm³/mol. The van der Waals surface area contributed by atoms with Crippen LogP contribution in [0, 0.1) is 17.2 Å². The van der Waals surface area contributed by atoms with Gasteiger partial charge in [0.15, 0.2) is 0 Å². The highest BCUT2D eigenvalue weighted by atomic mass is 16.5. The minimum atomic E-state index is -0.702. The topological polar surface area (TPSA) is 117 Å². The summed E-state index contributed by atoms with van der Waals surface area (Å²) < 4.78 is 5.04. The molecule has 0 unspecified atom stereocenters. The number of piperidine rings is 1. The molecule has 148 valence electrons. The number of esters is 1. The van der Waals surface area contributed by atoms with Crippen LogP contribution in [0.5, 0.6) is 0 Å². The average Bonchev–Trinajstić information content (AvgIpc) is 2.68. The van der Waals surface area contributed by atoms with Gasteiger partial charge in [0.25, 0.3) is 5.91 Å². The van der Waals surface area contributed by atoms with E-state index in [9.17, 15) is 19.6 Å². The highest BCUT2D eigenvalue weighted by molar-refractivity contribution is 6.21. The molecule has 0 saturated carbocycles. The Balaban J connectivity index is 2.13. The maximum absolute atomic E-state index is 12.8. The highest BCUT2D eigenvalue weighted by Crippen LogP contribution is 2.22. The van der Waals surface area contributed by atoms with E-state index in [1.807, 2.05) is 11.0 Å². The van der Waals surface area contributed by atoms with Crippen molar-refractivity contribution in [3.63, 3.8) is 0 Å². The molecule has 0 aliphatic carbocycles. The Morgan fingerprint density at radius 1 is 1.29 bits per heavy atom. The lowest BCUT2D eigenvalue weighted by Crippen LogP contribution is -2.38. The molecule has 28 heavy (non-hydrogen) atoms. The Hall–Kier alpha value is -3.34. The SMILES string of the molecule is CCOC(=O)C1CCN(/C=C(/C#N)C(=O)N(C(C)=O)c2ccc(N)cc2)CC1. The second-order valence-electron chi connectivity index (χ2n) is 6.47. The summed E-state index contributed by atoms with van der Waals surface area (Å²) in [6, 6.07) is 8.14. The fraction of sp³-hybridized carbons (Fsp3) is 0.400. The van der Waals surface area contributed by atoms with Gasteiger partial charge in [0.05, 0.1) is 18.2 Å². The van der Waals surface area contributed by atoms with E-state index in [4.69, 9.17) is 10.5 Å². The molecule has 1 heterocycles. The summed E-state index contributed by atoms with van der Waals surface area (Å²) in [5, 5.41) is 9.46. The van der Waals surface area contributed by atoms with Gasteiger partial charge in [-0.15, -0.1) is 0 Å². The van der Waals surface area contributed by atoms with E-state index < -0.39 is 11.8 Å². The van der Waals surface area contributed by atoms with Crippen LogP contribution in [-0.2, 0) is 19.1 Å². The van der Waals surface area contributed by atoms with E-state index in [0.717, 1.165) is 4.90 Å². The van der Waals surface area contributed by atoms with E-state index >= 15 is 0 Å². The number of carbonyl (C=O) groups is 3. The largest absolute Gasteiger partial charge is 0.466 e. The minimum Gasteiger partial charge on any atom is -0.466 e. The van der Waals surface area contributed by atoms with Crippen molar-refractivity contribution >= 4 is 29.2 Å². The molecule has 2 rings (SSSR count). The molecule has 1 aromatic carbocycles. The van der Waals surface area contributed by atoms with Crippen molar-refractivity contribution in [3.8, 4) is 6.07 Å². The first-order chi connectivity index (χ1) is 13.4. The molecule has 0 aromatic heterocycles. The summed E-state index contributed by atoms with van der Waals surface area (Å²) in [6.45, 7) is 4.41. The minimum absolute atomic E-state index is 0.151. The third-order valence-corrected chi connectivity index (χ3v) is 4.48. The van der Waals surface area contributed by atoms with Crippen LogP contribution in [0.25, 0.3) is 0 Å². The molecule has 1 aromatic rings. The van der Waals surface area contributed by atoms with Gasteiger partial charge in [-0.1, -0.05) is 0 Å². The van der Waals surface area contributed by atoms with Crippen LogP contribution < -0.4 is 10.6 Å². The van der Waals surface area contributed by atoms with Crippen LogP contribution in [-0.4, -0.2) is 42.4 Å². The monoisotopic (exact) mass is 384 g/mol. The van der Waals surface area contributed by atoms with Gasteiger partial charge in [0, 0.05) is 31.9 Å². The van der Waals surface area contributed by atoms with Crippen LogP contribution in [0.3, 0.4) is 0 Å². The summed E-state index contributed by atoms with van der Waals surface area (Å²) in [7, 11) is 0. The number of rotatable bonds is 5. The molecular formula is C20H24N4O4. The summed E-state index contributed by atoms with van der Waals surface area (Å²) >= 11 is 0. The van der Waals surface area contributed by atoms with Crippen molar-refractivity contribution in [1.29, 1.82) is 5.26 Å². The molecule has 8 nitrogen and oxygen atoms in total. The lowest BCUT2D eigenvalue weighted by molar-refractivity contribution is -0.149. The van der Waals surface area contributed by atoms with Gasteiger partial charge in [-0.05, 0) is 44.0 Å². The van der Waals surface area contributed by atoms with Crippen LogP contribution >= 0.6 is 0 Å². The summed E-state index contributed by atoms with van der Waals surface area (Å²) in [6.07, 6.45) is 2.62. The number of hydrogen-bond donors (Lipinski definition) is 1. The number of nitrogens with zero attached hydrogens (tertiary/aromatic N) is 3. The zero-order valence-electron chi connectivity index (χ0n) is 16.1.